The Kier molecular flexibility index (Phi) is 9.84. The Labute approximate surface area is 195 Å². The van der Waals surface area contributed by atoms with Crippen LogP contribution in [0.4, 0.5) is 10.3 Å². The second kappa shape index (κ2) is 12.8. The highest BCUT2D eigenvalue weighted by Gasteiger charge is 2.13. The van der Waals surface area contributed by atoms with Gasteiger partial charge in [-0.3, -0.25) is 0 Å². The molecule has 0 aliphatic rings. The van der Waals surface area contributed by atoms with Crippen molar-refractivity contribution in [3.05, 3.63) is 60.0 Å². The number of carbonyl (C=O) groups is 2. The number of aliphatic carboxylic acids is 2. The highest BCUT2D eigenvalue weighted by molar-refractivity contribution is 6.27. The van der Waals surface area contributed by atoms with Crippen molar-refractivity contribution in [3.8, 4) is 22.8 Å². The molecule has 0 atom stereocenters. The molecule has 3 aromatic rings. The third kappa shape index (κ3) is 7.20. The minimum Gasteiger partial charge on any atom is -0.497 e. The summed E-state index contributed by atoms with van der Waals surface area (Å²) < 4.78 is 31.3. The molecule has 0 amide bonds. The summed E-state index contributed by atoms with van der Waals surface area (Å²) in [5, 5.41) is 18.1. The van der Waals surface area contributed by atoms with Crippen LogP contribution in [0.5, 0.6) is 11.5 Å². The van der Waals surface area contributed by atoms with Gasteiger partial charge in [-0.1, -0.05) is 0 Å². The van der Waals surface area contributed by atoms with Crippen molar-refractivity contribution in [2.75, 3.05) is 33.3 Å². The van der Waals surface area contributed by atoms with E-state index in [4.69, 9.17) is 34.0 Å². The topological polar surface area (TPSA) is 132 Å². The Morgan fingerprint density at radius 3 is 2.26 bits per heavy atom. The third-order valence-corrected chi connectivity index (χ3v) is 4.62. The van der Waals surface area contributed by atoms with Crippen molar-refractivity contribution in [2.24, 2.45) is 0 Å². The number of anilines is 1. The third-order valence-electron chi connectivity index (χ3n) is 4.62. The van der Waals surface area contributed by atoms with E-state index in [0.717, 1.165) is 28.3 Å². The molecule has 0 spiro atoms. The maximum Gasteiger partial charge on any atom is 0.414 e. The number of carboxylic acid groups (broad SMARTS) is 2. The van der Waals surface area contributed by atoms with Crippen molar-refractivity contribution in [1.29, 1.82) is 0 Å². The fourth-order valence-electron chi connectivity index (χ4n) is 2.97. The monoisotopic (exact) mass is 475 g/mol. The molecule has 2 aromatic carbocycles. The van der Waals surface area contributed by atoms with E-state index in [2.05, 4.69) is 10.3 Å². The Bertz CT molecular complexity index is 1090. The Balaban J connectivity index is 0.000000604. The number of aromatic nitrogens is 2. The quantitative estimate of drug-likeness (QED) is 0.399. The first-order chi connectivity index (χ1) is 16.3. The van der Waals surface area contributed by atoms with Crippen LogP contribution in [0.3, 0.4) is 0 Å². The van der Waals surface area contributed by atoms with Crippen LogP contribution in [-0.4, -0.2) is 59.6 Å². The lowest BCUT2D eigenvalue weighted by Crippen LogP contribution is -2.12. The molecule has 1 heterocycles. The van der Waals surface area contributed by atoms with E-state index < -0.39 is 11.9 Å². The summed E-state index contributed by atoms with van der Waals surface area (Å²) >= 11 is 0. The van der Waals surface area contributed by atoms with Gasteiger partial charge < -0.3 is 34.3 Å². The highest BCUT2D eigenvalue weighted by Crippen LogP contribution is 2.27. The molecule has 0 bridgehead atoms. The lowest BCUT2D eigenvalue weighted by atomic mass is 10.1. The van der Waals surface area contributed by atoms with Crippen molar-refractivity contribution in [3.63, 3.8) is 0 Å². The molecule has 0 saturated heterocycles. The SMILES string of the molecule is COCCn1c(-c2ccc(F)cc2)cnc1NCc1cc(OC)ccc1OC.O=C(O)C(=O)O. The molecular weight excluding hydrogens is 449 g/mol. The number of hydrogen-bond acceptors (Lipinski definition) is 7. The molecule has 3 N–H and O–H groups in total. The van der Waals surface area contributed by atoms with Gasteiger partial charge in [-0.25, -0.2) is 19.0 Å². The van der Waals surface area contributed by atoms with Crippen molar-refractivity contribution >= 4 is 17.9 Å². The fraction of sp³-hybridized carbons (Fsp3) is 0.261. The summed E-state index contributed by atoms with van der Waals surface area (Å²) in [4.78, 5) is 22.7. The molecular formula is C23H26FN3O7. The van der Waals surface area contributed by atoms with Crippen LogP contribution in [0.2, 0.25) is 0 Å². The molecule has 3 rings (SSSR count). The van der Waals surface area contributed by atoms with Gasteiger partial charge in [-0.05, 0) is 42.5 Å². The summed E-state index contributed by atoms with van der Waals surface area (Å²) in [6, 6.07) is 12.0. The second-order valence-corrected chi connectivity index (χ2v) is 6.76. The van der Waals surface area contributed by atoms with Gasteiger partial charge in [0.2, 0.25) is 5.95 Å². The van der Waals surface area contributed by atoms with Gasteiger partial charge in [-0.15, -0.1) is 0 Å². The van der Waals surface area contributed by atoms with Gasteiger partial charge in [0.1, 0.15) is 17.3 Å². The smallest absolute Gasteiger partial charge is 0.414 e. The predicted octanol–water partition coefficient (Wildman–Crippen LogP) is 3.12. The molecule has 1 aromatic heterocycles. The number of rotatable bonds is 9. The van der Waals surface area contributed by atoms with Crippen LogP contribution in [0.1, 0.15) is 5.56 Å². The lowest BCUT2D eigenvalue weighted by Gasteiger charge is -2.15. The first kappa shape index (κ1) is 26.1. The molecule has 182 valence electrons. The molecule has 11 heteroatoms. The van der Waals surface area contributed by atoms with E-state index in [0.29, 0.717) is 25.6 Å². The average molecular weight is 475 g/mol. The molecule has 34 heavy (non-hydrogen) atoms. The Hall–Kier alpha value is -4.12. The Morgan fingerprint density at radius 1 is 1.03 bits per heavy atom. The van der Waals surface area contributed by atoms with E-state index >= 15 is 0 Å². The molecule has 0 unspecified atom stereocenters. The number of carboxylic acids is 2. The normalized spacial score (nSPS) is 10.1. The summed E-state index contributed by atoms with van der Waals surface area (Å²) in [5.41, 5.74) is 2.72. The zero-order valence-corrected chi connectivity index (χ0v) is 18.9. The molecule has 10 nitrogen and oxygen atoms in total. The largest absolute Gasteiger partial charge is 0.497 e. The average Bonchev–Trinajstić information content (AvgIpc) is 3.24. The number of ether oxygens (including phenoxy) is 3. The number of benzene rings is 2. The lowest BCUT2D eigenvalue weighted by molar-refractivity contribution is -0.159. The van der Waals surface area contributed by atoms with Crippen molar-refractivity contribution < 1.29 is 38.4 Å². The number of imidazole rings is 1. The first-order valence-corrected chi connectivity index (χ1v) is 10.0. The standard InChI is InChI=1S/C21H24FN3O3.C2H2O4/c1-26-11-10-25-19(15-4-6-17(22)7-5-15)14-24-21(25)23-13-16-12-18(27-2)8-9-20(16)28-3;3-1(4)2(5)6/h4-9,12,14H,10-11,13H2,1-3H3,(H,23,24);(H,3,4)(H,5,6). The minimum absolute atomic E-state index is 0.268. The summed E-state index contributed by atoms with van der Waals surface area (Å²) in [7, 11) is 4.92. The number of methoxy groups -OCH3 is 3. The molecule has 0 aliphatic carbocycles. The molecule has 0 saturated carbocycles. The molecule has 0 radical (unpaired) electrons. The maximum atomic E-state index is 13.3. The summed E-state index contributed by atoms with van der Waals surface area (Å²) in [6.45, 7) is 1.65. The van der Waals surface area contributed by atoms with Crippen molar-refractivity contribution in [2.45, 2.75) is 13.1 Å². The first-order valence-electron chi connectivity index (χ1n) is 10.0. The van der Waals surface area contributed by atoms with Crippen LogP contribution in [0.15, 0.2) is 48.7 Å². The van der Waals surface area contributed by atoms with Crippen LogP contribution < -0.4 is 14.8 Å². The zero-order valence-electron chi connectivity index (χ0n) is 18.9. The van der Waals surface area contributed by atoms with Gasteiger partial charge in [0.25, 0.3) is 0 Å². The minimum atomic E-state index is -1.82. The van der Waals surface area contributed by atoms with Gasteiger partial charge >= 0.3 is 11.9 Å². The van der Waals surface area contributed by atoms with Gasteiger partial charge in [0.15, 0.2) is 0 Å². The molecule has 0 fully saturated rings. The van der Waals surface area contributed by atoms with Crippen molar-refractivity contribution in [1.82, 2.24) is 9.55 Å². The second-order valence-electron chi connectivity index (χ2n) is 6.76. The van der Waals surface area contributed by atoms with Gasteiger partial charge in [0.05, 0.1) is 32.7 Å². The number of nitrogens with one attached hydrogen (secondary N) is 1. The highest BCUT2D eigenvalue weighted by atomic mass is 19.1. The van der Waals surface area contributed by atoms with E-state index in [1.165, 1.54) is 12.1 Å². The maximum absolute atomic E-state index is 13.3. The summed E-state index contributed by atoms with van der Waals surface area (Å²) in [5.74, 6) is -1.70. The number of nitrogens with zero attached hydrogens (tertiary/aromatic N) is 2. The van der Waals surface area contributed by atoms with Crippen LogP contribution in [0.25, 0.3) is 11.3 Å². The fourth-order valence-corrected chi connectivity index (χ4v) is 2.97. The predicted molar refractivity (Wildman–Crippen MR) is 122 cm³/mol. The Morgan fingerprint density at radius 2 is 1.71 bits per heavy atom. The molecule has 0 aliphatic heterocycles. The number of hydrogen-bond donors (Lipinski definition) is 3. The zero-order chi connectivity index (χ0) is 25.1. The number of halogens is 1. The van der Waals surface area contributed by atoms with E-state index in [1.807, 2.05) is 22.8 Å². The van der Waals surface area contributed by atoms with Gasteiger partial charge in [0, 0.05) is 31.3 Å². The van der Waals surface area contributed by atoms with Gasteiger partial charge in [-0.2, -0.15) is 0 Å². The van der Waals surface area contributed by atoms with Crippen LogP contribution in [0, 0.1) is 5.82 Å². The van der Waals surface area contributed by atoms with E-state index in [-0.39, 0.29) is 5.82 Å². The van der Waals surface area contributed by atoms with E-state index in [9.17, 15) is 4.39 Å². The van der Waals surface area contributed by atoms with Crippen LogP contribution in [-0.2, 0) is 27.4 Å². The van der Waals surface area contributed by atoms with Crippen LogP contribution >= 0.6 is 0 Å². The summed E-state index contributed by atoms with van der Waals surface area (Å²) in [6.07, 6.45) is 1.77. The van der Waals surface area contributed by atoms with E-state index in [1.54, 1.807) is 39.7 Å².